The van der Waals surface area contributed by atoms with Crippen LogP contribution in [0.25, 0.3) is 27.7 Å². The lowest BCUT2D eigenvalue weighted by Crippen LogP contribution is -2.44. The molecule has 0 amide bonds. The van der Waals surface area contributed by atoms with Gasteiger partial charge in [0.2, 0.25) is 11.9 Å². The number of nitrogens with one attached hydrogen (secondary N) is 2. The molecule has 2 aromatic carbocycles. The lowest BCUT2D eigenvalue weighted by Gasteiger charge is -2.27. The number of nitrogens with zero attached hydrogens (tertiary/aromatic N) is 6. The standard InChI is InChI=1S/C32H33FN8O/c1-20(2)27-19-37-41-30(27)38-32(40-14-12-34-13-15-40)39-31(41)36-18-24-6-4-5-7-25(24)29-26-9-8-22(17-28(42)21(3)33)16-23(26)10-11-35-29/h4-11,16,19-20,34H,3,12-15,17-18H2,1-2H3,(H,36,38,39). The number of hydrogen-bond donors (Lipinski definition) is 2. The molecule has 1 fully saturated rings. The maximum Gasteiger partial charge on any atom is 0.230 e. The third kappa shape index (κ3) is 5.45. The highest BCUT2D eigenvalue weighted by Gasteiger charge is 2.20. The van der Waals surface area contributed by atoms with Crippen LogP contribution < -0.4 is 15.5 Å². The lowest BCUT2D eigenvalue weighted by atomic mass is 9.97. The van der Waals surface area contributed by atoms with E-state index >= 15 is 0 Å². The number of ketones is 1. The van der Waals surface area contributed by atoms with Crippen LogP contribution in [0.15, 0.2) is 73.3 Å². The maximum atomic E-state index is 13.3. The zero-order valence-corrected chi connectivity index (χ0v) is 23.8. The summed E-state index contributed by atoms with van der Waals surface area (Å²) in [4.78, 5) is 28.7. The van der Waals surface area contributed by atoms with E-state index in [1.54, 1.807) is 10.7 Å². The topological polar surface area (TPSA) is 100 Å². The van der Waals surface area contributed by atoms with Crippen molar-refractivity contribution in [1.82, 2.24) is 29.9 Å². The number of aromatic nitrogens is 5. The van der Waals surface area contributed by atoms with E-state index in [9.17, 15) is 9.18 Å². The summed E-state index contributed by atoms with van der Waals surface area (Å²) in [6, 6.07) is 15.7. The van der Waals surface area contributed by atoms with E-state index in [-0.39, 0.29) is 12.3 Å². The largest absolute Gasteiger partial charge is 0.350 e. The molecule has 0 bridgehead atoms. The molecule has 2 N–H and O–H groups in total. The van der Waals surface area contributed by atoms with Crippen molar-refractivity contribution < 1.29 is 9.18 Å². The molecule has 0 spiro atoms. The molecule has 0 unspecified atom stereocenters. The molecule has 3 aromatic heterocycles. The summed E-state index contributed by atoms with van der Waals surface area (Å²) in [6.07, 6.45) is 3.60. The molecule has 4 heterocycles. The first-order chi connectivity index (χ1) is 20.4. The summed E-state index contributed by atoms with van der Waals surface area (Å²) in [5.74, 6) is 0.0577. The van der Waals surface area contributed by atoms with Gasteiger partial charge in [-0.1, -0.05) is 62.9 Å². The Balaban J connectivity index is 1.34. The molecule has 9 nitrogen and oxygen atoms in total. The number of pyridine rings is 1. The van der Waals surface area contributed by atoms with E-state index in [1.165, 1.54) is 0 Å². The van der Waals surface area contributed by atoms with Crippen LogP contribution in [0.4, 0.5) is 16.3 Å². The Bertz CT molecular complexity index is 1790. The average Bonchev–Trinajstić information content (AvgIpc) is 3.45. The van der Waals surface area contributed by atoms with Crippen molar-refractivity contribution in [3.05, 3.63) is 90.0 Å². The Morgan fingerprint density at radius 3 is 2.71 bits per heavy atom. The quantitative estimate of drug-likeness (QED) is 0.239. The van der Waals surface area contributed by atoms with Crippen LogP contribution in [0.3, 0.4) is 0 Å². The number of hydrogen-bond acceptors (Lipinski definition) is 8. The molecule has 42 heavy (non-hydrogen) atoms. The van der Waals surface area contributed by atoms with Gasteiger partial charge < -0.3 is 15.5 Å². The van der Waals surface area contributed by atoms with Crippen LogP contribution in [0, 0.1) is 0 Å². The molecule has 1 aliphatic rings. The van der Waals surface area contributed by atoms with E-state index in [0.29, 0.717) is 18.4 Å². The molecule has 0 aliphatic carbocycles. The van der Waals surface area contributed by atoms with E-state index < -0.39 is 11.6 Å². The lowest BCUT2D eigenvalue weighted by molar-refractivity contribution is -0.116. The molecule has 0 radical (unpaired) electrons. The second-order valence-corrected chi connectivity index (χ2v) is 10.8. The molecule has 10 heteroatoms. The van der Waals surface area contributed by atoms with Crippen molar-refractivity contribution in [1.29, 1.82) is 0 Å². The van der Waals surface area contributed by atoms with Gasteiger partial charge in [0.05, 0.1) is 11.9 Å². The SMILES string of the molecule is C=C(F)C(=O)Cc1ccc2c(-c3ccccc3CNc3nc(N4CCNCC4)nc4c(C(C)C)cnn34)nccc2c1. The number of piperazine rings is 1. The highest BCUT2D eigenvalue weighted by molar-refractivity contribution is 5.98. The number of fused-ring (bicyclic) bond motifs is 2. The van der Waals surface area contributed by atoms with Gasteiger partial charge in [0.25, 0.3) is 0 Å². The van der Waals surface area contributed by atoms with Crippen molar-refractivity contribution in [3.63, 3.8) is 0 Å². The van der Waals surface area contributed by atoms with E-state index in [1.807, 2.05) is 42.6 Å². The van der Waals surface area contributed by atoms with Crippen molar-refractivity contribution in [2.45, 2.75) is 32.7 Å². The first-order valence-corrected chi connectivity index (χ1v) is 14.2. The summed E-state index contributed by atoms with van der Waals surface area (Å²) in [6.45, 7) is 11.4. The van der Waals surface area contributed by atoms with Gasteiger partial charge in [-0.3, -0.25) is 9.78 Å². The molecule has 6 rings (SSSR count). The number of allylic oxidation sites excluding steroid dienone is 1. The minimum absolute atomic E-state index is 0.0290. The molecule has 214 valence electrons. The summed E-state index contributed by atoms with van der Waals surface area (Å²) in [5, 5.41) is 13.4. The first kappa shape index (κ1) is 27.5. The predicted molar refractivity (Wildman–Crippen MR) is 163 cm³/mol. The summed E-state index contributed by atoms with van der Waals surface area (Å²) in [5.41, 5.74) is 5.46. The fourth-order valence-electron chi connectivity index (χ4n) is 5.32. The van der Waals surface area contributed by atoms with Gasteiger partial charge in [0.15, 0.2) is 17.3 Å². The Morgan fingerprint density at radius 1 is 1.12 bits per heavy atom. The molecular weight excluding hydrogens is 531 g/mol. The van der Waals surface area contributed by atoms with Crippen LogP contribution in [0.2, 0.25) is 0 Å². The third-order valence-electron chi connectivity index (χ3n) is 7.61. The highest BCUT2D eigenvalue weighted by atomic mass is 19.1. The molecule has 1 saturated heterocycles. The Kier molecular flexibility index (Phi) is 7.62. The van der Waals surface area contributed by atoms with Gasteiger partial charge in [0.1, 0.15) is 0 Å². The fourth-order valence-corrected chi connectivity index (χ4v) is 5.32. The van der Waals surface area contributed by atoms with Gasteiger partial charge in [-0.05, 0) is 28.5 Å². The number of benzene rings is 2. The molecule has 0 atom stereocenters. The minimum Gasteiger partial charge on any atom is -0.350 e. The minimum atomic E-state index is -0.927. The van der Waals surface area contributed by atoms with Crippen molar-refractivity contribution in [2.24, 2.45) is 0 Å². The number of rotatable bonds is 9. The molecule has 5 aromatic rings. The summed E-state index contributed by atoms with van der Waals surface area (Å²) in [7, 11) is 0. The van der Waals surface area contributed by atoms with Crippen LogP contribution >= 0.6 is 0 Å². The van der Waals surface area contributed by atoms with Crippen molar-refractivity contribution in [2.75, 3.05) is 36.4 Å². The van der Waals surface area contributed by atoms with Crippen LogP contribution in [-0.2, 0) is 17.8 Å². The number of Topliss-reactive ketones (excluding diaryl/α,β-unsaturated/α-hetero) is 1. The predicted octanol–water partition coefficient (Wildman–Crippen LogP) is 5.08. The summed E-state index contributed by atoms with van der Waals surface area (Å²) >= 11 is 0. The van der Waals surface area contributed by atoms with Crippen molar-refractivity contribution in [3.8, 4) is 11.3 Å². The zero-order chi connectivity index (χ0) is 29.2. The molecular formula is C32H33FN8O. The number of carbonyl (C=O) groups is 1. The number of anilines is 2. The first-order valence-electron chi connectivity index (χ1n) is 14.2. The maximum absolute atomic E-state index is 13.3. The van der Waals surface area contributed by atoms with Crippen LogP contribution in [-0.4, -0.2) is 56.5 Å². The third-order valence-corrected chi connectivity index (χ3v) is 7.61. The molecule has 1 aliphatic heterocycles. The van der Waals surface area contributed by atoms with Crippen LogP contribution in [0.1, 0.15) is 36.5 Å². The monoisotopic (exact) mass is 564 g/mol. The Morgan fingerprint density at radius 2 is 1.93 bits per heavy atom. The van der Waals surface area contributed by atoms with E-state index in [0.717, 1.165) is 70.5 Å². The normalized spacial score (nSPS) is 13.7. The Labute approximate surface area is 243 Å². The number of halogens is 1. The van der Waals surface area contributed by atoms with E-state index in [2.05, 4.69) is 53.2 Å². The second kappa shape index (κ2) is 11.7. The fraction of sp³-hybridized carbons (Fsp3) is 0.281. The van der Waals surface area contributed by atoms with Crippen LogP contribution in [0.5, 0.6) is 0 Å². The number of carbonyl (C=O) groups excluding carboxylic acids is 1. The molecule has 0 saturated carbocycles. The smallest absolute Gasteiger partial charge is 0.230 e. The van der Waals surface area contributed by atoms with E-state index in [4.69, 9.17) is 15.0 Å². The zero-order valence-electron chi connectivity index (χ0n) is 23.8. The van der Waals surface area contributed by atoms with Gasteiger partial charge >= 0.3 is 0 Å². The average molecular weight is 565 g/mol. The second-order valence-electron chi connectivity index (χ2n) is 10.8. The van der Waals surface area contributed by atoms with Gasteiger partial charge in [-0.15, -0.1) is 0 Å². The van der Waals surface area contributed by atoms with Gasteiger partial charge in [0, 0.05) is 61.9 Å². The van der Waals surface area contributed by atoms with Gasteiger partial charge in [-0.25, -0.2) is 4.39 Å². The summed E-state index contributed by atoms with van der Waals surface area (Å²) < 4.78 is 15.1. The Hall–Kier alpha value is -4.70. The highest BCUT2D eigenvalue weighted by Crippen LogP contribution is 2.31. The van der Waals surface area contributed by atoms with Gasteiger partial charge in [-0.2, -0.15) is 19.6 Å². The van der Waals surface area contributed by atoms with Crippen molar-refractivity contribution >= 4 is 34.1 Å².